The molecule has 34 heavy (non-hydrogen) atoms. The SMILES string of the molecule is CCn1c(SCC(=O)Nc2cccc(Cl)c2Cl)nnc1[C@@H](CO)NC(=O)c1ccc(OC)cc1. The van der Waals surface area contributed by atoms with Crippen LogP contribution < -0.4 is 15.4 Å². The summed E-state index contributed by atoms with van der Waals surface area (Å²) in [7, 11) is 1.54. The van der Waals surface area contributed by atoms with E-state index in [1.165, 1.54) is 11.8 Å². The third-order valence-corrected chi connectivity index (χ3v) is 6.56. The monoisotopic (exact) mass is 523 g/mol. The Kier molecular flexibility index (Phi) is 9.17. The summed E-state index contributed by atoms with van der Waals surface area (Å²) >= 11 is 13.3. The van der Waals surface area contributed by atoms with Gasteiger partial charge in [0.05, 0.1) is 35.2 Å². The molecule has 0 radical (unpaired) electrons. The van der Waals surface area contributed by atoms with E-state index in [9.17, 15) is 14.7 Å². The molecule has 12 heteroatoms. The summed E-state index contributed by atoms with van der Waals surface area (Å²) in [5, 5.41) is 24.8. The Hall–Kier alpha value is -2.79. The number of amides is 2. The summed E-state index contributed by atoms with van der Waals surface area (Å²) in [6.07, 6.45) is 0. The van der Waals surface area contributed by atoms with E-state index >= 15 is 0 Å². The van der Waals surface area contributed by atoms with Crippen molar-refractivity contribution in [3.8, 4) is 5.75 Å². The normalized spacial score (nSPS) is 11.7. The molecule has 0 aliphatic carbocycles. The Morgan fingerprint density at radius 1 is 1.18 bits per heavy atom. The Morgan fingerprint density at radius 2 is 1.91 bits per heavy atom. The molecule has 3 N–H and O–H groups in total. The molecule has 3 aromatic rings. The van der Waals surface area contributed by atoms with Gasteiger partial charge in [-0.1, -0.05) is 41.0 Å². The van der Waals surface area contributed by atoms with Gasteiger partial charge in [-0.3, -0.25) is 9.59 Å². The lowest BCUT2D eigenvalue weighted by Crippen LogP contribution is -2.32. The minimum atomic E-state index is -0.782. The number of nitrogens with zero attached hydrogens (tertiary/aromatic N) is 3. The van der Waals surface area contributed by atoms with Crippen LogP contribution in [0.3, 0.4) is 0 Å². The van der Waals surface area contributed by atoms with Crippen molar-refractivity contribution in [1.82, 2.24) is 20.1 Å². The minimum absolute atomic E-state index is 0.0446. The van der Waals surface area contributed by atoms with Gasteiger partial charge >= 0.3 is 0 Å². The highest BCUT2D eigenvalue weighted by Gasteiger charge is 2.23. The second-order valence-corrected chi connectivity index (χ2v) is 8.69. The van der Waals surface area contributed by atoms with Crippen LogP contribution in [0, 0.1) is 0 Å². The molecule has 0 bridgehead atoms. The number of ether oxygens (including phenoxy) is 1. The van der Waals surface area contributed by atoms with Crippen LogP contribution in [-0.2, 0) is 11.3 Å². The van der Waals surface area contributed by atoms with E-state index in [1.54, 1.807) is 54.1 Å². The number of aliphatic hydroxyl groups excluding tert-OH is 1. The van der Waals surface area contributed by atoms with Crippen molar-refractivity contribution >= 4 is 52.5 Å². The number of carbonyl (C=O) groups excluding carboxylic acids is 2. The fraction of sp³-hybridized carbons (Fsp3) is 0.273. The highest BCUT2D eigenvalue weighted by molar-refractivity contribution is 7.99. The Balaban J connectivity index is 1.67. The van der Waals surface area contributed by atoms with E-state index in [0.717, 1.165) is 0 Å². The smallest absolute Gasteiger partial charge is 0.251 e. The van der Waals surface area contributed by atoms with Gasteiger partial charge in [0.15, 0.2) is 11.0 Å². The molecule has 2 amide bonds. The number of thioether (sulfide) groups is 1. The molecule has 2 aromatic carbocycles. The number of hydrogen-bond donors (Lipinski definition) is 3. The Labute approximate surface area is 210 Å². The lowest BCUT2D eigenvalue weighted by atomic mass is 10.2. The van der Waals surface area contributed by atoms with Gasteiger partial charge in [-0.2, -0.15) is 0 Å². The maximum Gasteiger partial charge on any atom is 0.251 e. The molecule has 0 fully saturated rings. The predicted octanol–water partition coefficient (Wildman–Crippen LogP) is 3.81. The van der Waals surface area contributed by atoms with Gasteiger partial charge in [0.2, 0.25) is 5.91 Å². The average Bonchev–Trinajstić information content (AvgIpc) is 3.26. The van der Waals surface area contributed by atoms with Gasteiger partial charge < -0.3 is 25.0 Å². The zero-order valence-electron chi connectivity index (χ0n) is 18.4. The molecule has 1 aromatic heterocycles. The summed E-state index contributed by atoms with van der Waals surface area (Å²) in [6.45, 7) is 1.97. The van der Waals surface area contributed by atoms with Crippen LogP contribution in [0.25, 0.3) is 0 Å². The summed E-state index contributed by atoms with van der Waals surface area (Å²) < 4.78 is 6.84. The number of methoxy groups -OCH3 is 1. The zero-order chi connectivity index (χ0) is 24.7. The van der Waals surface area contributed by atoms with Crippen LogP contribution in [-0.4, -0.2) is 51.2 Å². The molecule has 1 atom stereocenters. The molecule has 0 aliphatic heterocycles. The standard InChI is InChI=1S/C22H23Cl2N5O4S/c1-3-29-20(17(11-30)26-21(32)13-7-9-14(33-2)10-8-13)27-28-22(29)34-12-18(31)25-16-6-4-5-15(23)19(16)24/h4-10,17,30H,3,11-12H2,1-2H3,(H,25,31)(H,26,32)/t17-/m1/s1. The number of hydrogen-bond acceptors (Lipinski definition) is 7. The van der Waals surface area contributed by atoms with E-state index in [-0.39, 0.29) is 29.2 Å². The van der Waals surface area contributed by atoms with Gasteiger partial charge in [0, 0.05) is 12.1 Å². The van der Waals surface area contributed by atoms with Gasteiger partial charge in [-0.15, -0.1) is 10.2 Å². The molecular weight excluding hydrogens is 501 g/mol. The predicted molar refractivity (Wildman–Crippen MR) is 132 cm³/mol. The van der Waals surface area contributed by atoms with Crippen molar-refractivity contribution in [2.75, 3.05) is 24.8 Å². The van der Waals surface area contributed by atoms with Crippen molar-refractivity contribution < 1.29 is 19.4 Å². The topological polar surface area (TPSA) is 118 Å². The van der Waals surface area contributed by atoms with E-state index in [2.05, 4.69) is 20.8 Å². The number of aliphatic hydroxyl groups is 1. The summed E-state index contributed by atoms with van der Waals surface area (Å²) in [6, 6.07) is 10.8. The number of aromatic nitrogens is 3. The second kappa shape index (κ2) is 12.1. The number of nitrogens with one attached hydrogen (secondary N) is 2. The molecule has 180 valence electrons. The van der Waals surface area contributed by atoms with Gasteiger partial charge in [0.1, 0.15) is 11.8 Å². The number of carbonyl (C=O) groups is 2. The maximum absolute atomic E-state index is 12.6. The van der Waals surface area contributed by atoms with E-state index in [4.69, 9.17) is 27.9 Å². The largest absolute Gasteiger partial charge is 0.497 e. The first-order valence-corrected chi connectivity index (χ1v) is 12.0. The van der Waals surface area contributed by atoms with Gasteiger partial charge in [0.25, 0.3) is 5.91 Å². The van der Waals surface area contributed by atoms with Crippen LogP contribution >= 0.6 is 35.0 Å². The van der Waals surface area contributed by atoms with Crippen molar-refractivity contribution in [3.63, 3.8) is 0 Å². The number of benzene rings is 2. The van der Waals surface area contributed by atoms with Crippen molar-refractivity contribution in [3.05, 3.63) is 63.9 Å². The molecule has 0 spiro atoms. The lowest BCUT2D eigenvalue weighted by molar-refractivity contribution is -0.113. The molecular formula is C22H23Cl2N5O4S. The van der Waals surface area contributed by atoms with Gasteiger partial charge in [-0.05, 0) is 43.3 Å². The first-order valence-electron chi connectivity index (χ1n) is 10.2. The van der Waals surface area contributed by atoms with E-state index in [0.29, 0.717) is 39.5 Å². The maximum atomic E-state index is 12.6. The van der Waals surface area contributed by atoms with Crippen LogP contribution in [0.4, 0.5) is 5.69 Å². The van der Waals surface area contributed by atoms with Crippen LogP contribution in [0.1, 0.15) is 29.1 Å². The van der Waals surface area contributed by atoms with Crippen molar-refractivity contribution in [1.29, 1.82) is 0 Å². The lowest BCUT2D eigenvalue weighted by Gasteiger charge is -2.17. The number of rotatable bonds is 10. The first-order chi connectivity index (χ1) is 16.4. The molecule has 1 heterocycles. The zero-order valence-corrected chi connectivity index (χ0v) is 20.7. The van der Waals surface area contributed by atoms with Crippen molar-refractivity contribution in [2.45, 2.75) is 24.7 Å². The summed E-state index contributed by atoms with van der Waals surface area (Å²) in [5.74, 6) is 0.382. The van der Waals surface area contributed by atoms with E-state index in [1.807, 2.05) is 6.92 Å². The summed E-state index contributed by atoms with van der Waals surface area (Å²) in [5.41, 5.74) is 0.826. The highest BCUT2D eigenvalue weighted by atomic mass is 35.5. The quantitative estimate of drug-likeness (QED) is 0.345. The van der Waals surface area contributed by atoms with E-state index < -0.39 is 6.04 Å². The second-order valence-electron chi connectivity index (χ2n) is 6.96. The van der Waals surface area contributed by atoms with Crippen LogP contribution in [0.5, 0.6) is 5.75 Å². The third-order valence-electron chi connectivity index (χ3n) is 4.77. The third kappa shape index (κ3) is 6.20. The highest BCUT2D eigenvalue weighted by Crippen LogP contribution is 2.30. The minimum Gasteiger partial charge on any atom is -0.497 e. The average molecular weight is 524 g/mol. The Morgan fingerprint density at radius 3 is 2.56 bits per heavy atom. The summed E-state index contributed by atoms with van der Waals surface area (Å²) in [4.78, 5) is 25.0. The van der Waals surface area contributed by atoms with Crippen molar-refractivity contribution in [2.24, 2.45) is 0 Å². The number of anilines is 1. The molecule has 0 saturated heterocycles. The number of halogens is 2. The molecule has 0 saturated carbocycles. The fourth-order valence-corrected chi connectivity index (χ4v) is 4.21. The van der Waals surface area contributed by atoms with Crippen LogP contribution in [0.15, 0.2) is 47.6 Å². The van der Waals surface area contributed by atoms with Gasteiger partial charge in [-0.25, -0.2) is 0 Å². The Bertz CT molecular complexity index is 1160. The van der Waals surface area contributed by atoms with Crippen LogP contribution in [0.2, 0.25) is 10.0 Å². The molecule has 3 rings (SSSR count). The molecule has 0 aliphatic rings. The fourth-order valence-electron chi connectivity index (χ4n) is 3.05. The molecule has 9 nitrogen and oxygen atoms in total. The first kappa shape index (κ1) is 25.8. The molecule has 0 unspecified atom stereocenters.